The van der Waals surface area contributed by atoms with Gasteiger partial charge in [-0.1, -0.05) is 6.92 Å². The van der Waals surface area contributed by atoms with Crippen LogP contribution < -0.4 is 5.32 Å². The van der Waals surface area contributed by atoms with Crippen molar-refractivity contribution in [2.75, 3.05) is 6.54 Å². The fraction of sp³-hybridized carbons (Fsp3) is 0.750. The molecular formula is C8H13NO3. The molecule has 1 aliphatic heterocycles. The second-order valence-electron chi connectivity index (χ2n) is 3.12. The zero-order valence-corrected chi connectivity index (χ0v) is 7.04. The molecule has 0 aromatic carbocycles. The summed E-state index contributed by atoms with van der Waals surface area (Å²) in [6, 6.07) is 0. The van der Waals surface area contributed by atoms with Gasteiger partial charge in [-0.2, -0.15) is 0 Å². The average Bonchev–Trinajstić information content (AvgIpc) is 2.30. The van der Waals surface area contributed by atoms with Crippen molar-refractivity contribution < 1.29 is 14.7 Å². The molecule has 0 saturated carbocycles. The van der Waals surface area contributed by atoms with E-state index in [0.717, 1.165) is 6.42 Å². The van der Waals surface area contributed by atoms with Crippen LogP contribution in [0.1, 0.15) is 19.8 Å². The molecule has 1 amide bonds. The van der Waals surface area contributed by atoms with E-state index in [1.807, 2.05) is 6.92 Å². The van der Waals surface area contributed by atoms with Crippen molar-refractivity contribution in [2.24, 2.45) is 11.8 Å². The van der Waals surface area contributed by atoms with Crippen molar-refractivity contribution in [3.8, 4) is 0 Å². The van der Waals surface area contributed by atoms with Crippen LogP contribution in [0.5, 0.6) is 0 Å². The Labute approximate surface area is 71.0 Å². The molecule has 0 aliphatic carbocycles. The van der Waals surface area contributed by atoms with Gasteiger partial charge in [0.25, 0.3) is 0 Å². The largest absolute Gasteiger partial charge is 0.481 e. The van der Waals surface area contributed by atoms with Crippen LogP contribution in [0.25, 0.3) is 0 Å². The van der Waals surface area contributed by atoms with E-state index in [0.29, 0.717) is 6.54 Å². The van der Waals surface area contributed by atoms with Crippen molar-refractivity contribution in [1.82, 2.24) is 5.32 Å². The van der Waals surface area contributed by atoms with Crippen molar-refractivity contribution >= 4 is 11.9 Å². The third kappa shape index (κ3) is 1.75. The number of carbonyl (C=O) groups is 2. The third-order valence-corrected chi connectivity index (χ3v) is 2.32. The van der Waals surface area contributed by atoms with Crippen LogP contribution in [-0.2, 0) is 9.59 Å². The fourth-order valence-electron chi connectivity index (χ4n) is 1.68. The number of aliphatic carboxylic acids is 1. The van der Waals surface area contributed by atoms with Gasteiger partial charge in [0.2, 0.25) is 5.91 Å². The molecule has 0 aromatic heterocycles. The van der Waals surface area contributed by atoms with E-state index in [2.05, 4.69) is 5.32 Å². The lowest BCUT2D eigenvalue weighted by molar-refractivity contribution is -0.138. The Morgan fingerprint density at radius 2 is 2.42 bits per heavy atom. The molecule has 1 fully saturated rings. The smallest absolute Gasteiger partial charge is 0.303 e. The Morgan fingerprint density at radius 1 is 1.75 bits per heavy atom. The van der Waals surface area contributed by atoms with Gasteiger partial charge in [0.1, 0.15) is 0 Å². The van der Waals surface area contributed by atoms with Crippen LogP contribution in [-0.4, -0.2) is 23.5 Å². The molecule has 2 N–H and O–H groups in total. The summed E-state index contributed by atoms with van der Waals surface area (Å²) in [4.78, 5) is 21.5. The summed E-state index contributed by atoms with van der Waals surface area (Å²) in [6.45, 7) is 2.42. The maximum absolute atomic E-state index is 11.1. The molecule has 2 atom stereocenters. The summed E-state index contributed by atoms with van der Waals surface area (Å²) in [6.07, 6.45) is 0.820. The van der Waals surface area contributed by atoms with Crippen LogP contribution in [0.15, 0.2) is 0 Å². The van der Waals surface area contributed by atoms with E-state index in [9.17, 15) is 9.59 Å². The van der Waals surface area contributed by atoms with Gasteiger partial charge in [-0.15, -0.1) is 0 Å². The summed E-state index contributed by atoms with van der Waals surface area (Å²) >= 11 is 0. The minimum Gasteiger partial charge on any atom is -0.481 e. The number of nitrogens with one attached hydrogen (secondary N) is 1. The zero-order valence-electron chi connectivity index (χ0n) is 7.04. The highest BCUT2D eigenvalue weighted by Gasteiger charge is 2.34. The standard InChI is InChI=1S/C8H13NO3/c1-2-6-5(3-7(10)11)4-9-8(6)12/h5-6H,2-4H2,1H3,(H,9,12)(H,10,11)/t5-,6+/m0/s1. The van der Waals surface area contributed by atoms with E-state index in [4.69, 9.17) is 5.11 Å². The quantitative estimate of drug-likeness (QED) is 0.639. The summed E-state index contributed by atoms with van der Waals surface area (Å²) in [7, 11) is 0. The van der Waals surface area contributed by atoms with Crippen LogP contribution >= 0.6 is 0 Å². The lowest BCUT2D eigenvalue weighted by atomic mass is 9.90. The van der Waals surface area contributed by atoms with Gasteiger partial charge in [0.15, 0.2) is 0 Å². The van der Waals surface area contributed by atoms with Gasteiger partial charge in [0.05, 0.1) is 6.42 Å². The highest BCUT2D eigenvalue weighted by atomic mass is 16.4. The van der Waals surface area contributed by atoms with Crippen LogP contribution in [0.3, 0.4) is 0 Å². The molecule has 4 heteroatoms. The van der Waals surface area contributed by atoms with Crippen LogP contribution in [0.2, 0.25) is 0 Å². The first-order valence-electron chi connectivity index (χ1n) is 4.14. The SMILES string of the molecule is CC[C@H]1C(=O)NC[C@@H]1CC(=O)O. The van der Waals surface area contributed by atoms with Gasteiger partial charge in [-0.05, 0) is 12.3 Å². The lowest BCUT2D eigenvalue weighted by Crippen LogP contribution is -2.19. The summed E-state index contributed by atoms with van der Waals surface area (Å²) < 4.78 is 0. The first-order valence-corrected chi connectivity index (χ1v) is 4.14. The van der Waals surface area contributed by atoms with E-state index in [1.54, 1.807) is 0 Å². The topological polar surface area (TPSA) is 66.4 Å². The number of carboxylic acids is 1. The van der Waals surface area contributed by atoms with Crippen molar-refractivity contribution in [2.45, 2.75) is 19.8 Å². The molecular weight excluding hydrogens is 158 g/mol. The fourth-order valence-corrected chi connectivity index (χ4v) is 1.68. The number of hydrogen-bond donors (Lipinski definition) is 2. The Bertz CT molecular complexity index is 202. The van der Waals surface area contributed by atoms with E-state index in [-0.39, 0.29) is 24.2 Å². The molecule has 0 bridgehead atoms. The van der Waals surface area contributed by atoms with Crippen molar-refractivity contribution in [3.63, 3.8) is 0 Å². The van der Waals surface area contributed by atoms with Gasteiger partial charge >= 0.3 is 5.97 Å². The maximum atomic E-state index is 11.1. The molecule has 12 heavy (non-hydrogen) atoms. The highest BCUT2D eigenvalue weighted by Crippen LogP contribution is 2.23. The molecule has 68 valence electrons. The number of carboxylic acid groups (broad SMARTS) is 1. The second kappa shape index (κ2) is 3.56. The summed E-state index contributed by atoms with van der Waals surface area (Å²) in [5.41, 5.74) is 0. The van der Waals surface area contributed by atoms with E-state index >= 15 is 0 Å². The Balaban J connectivity index is 2.54. The average molecular weight is 171 g/mol. The third-order valence-electron chi connectivity index (χ3n) is 2.32. The number of hydrogen-bond acceptors (Lipinski definition) is 2. The molecule has 1 rings (SSSR count). The molecule has 0 aromatic rings. The second-order valence-corrected chi connectivity index (χ2v) is 3.12. The van der Waals surface area contributed by atoms with Crippen molar-refractivity contribution in [1.29, 1.82) is 0 Å². The van der Waals surface area contributed by atoms with Crippen molar-refractivity contribution in [3.05, 3.63) is 0 Å². The van der Waals surface area contributed by atoms with Crippen LogP contribution in [0, 0.1) is 11.8 Å². The molecule has 1 heterocycles. The summed E-state index contributed by atoms with van der Waals surface area (Å²) in [5.74, 6) is -0.931. The molecule has 0 radical (unpaired) electrons. The monoisotopic (exact) mass is 171 g/mol. The molecule has 1 aliphatic rings. The maximum Gasteiger partial charge on any atom is 0.303 e. The predicted octanol–water partition coefficient (Wildman–Crippen LogP) is 0.233. The molecule has 0 spiro atoms. The van der Waals surface area contributed by atoms with Gasteiger partial charge in [0, 0.05) is 12.5 Å². The van der Waals surface area contributed by atoms with E-state index in [1.165, 1.54) is 0 Å². The number of amides is 1. The number of carbonyl (C=O) groups excluding carboxylic acids is 1. The first kappa shape index (κ1) is 9.03. The molecule has 4 nitrogen and oxygen atoms in total. The minimum atomic E-state index is -0.824. The molecule has 0 unspecified atom stereocenters. The van der Waals surface area contributed by atoms with Gasteiger partial charge in [-0.25, -0.2) is 0 Å². The summed E-state index contributed by atoms with van der Waals surface area (Å²) in [5, 5.41) is 11.2. The first-order chi connectivity index (χ1) is 5.65. The van der Waals surface area contributed by atoms with Crippen LogP contribution in [0.4, 0.5) is 0 Å². The highest BCUT2D eigenvalue weighted by molar-refractivity contribution is 5.82. The Hall–Kier alpha value is -1.06. The Morgan fingerprint density at radius 3 is 2.92 bits per heavy atom. The van der Waals surface area contributed by atoms with E-state index < -0.39 is 5.97 Å². The Kier molecular flexibility index (Phi) is 2.68. The van der Waals surface area contributed by atoms with Gasteiger partial charge < -0.3 is 10.4 Å². The lowest BCUT2D eigenvalue weighted by Gasteiger charge is -2.11. The molecule has 1 saturated heterocycles. The normalized spacial score (nSPS) is 28.6. The zero-order chi connectivity index (χ0) is 9.14. The predicted molar refractivity (Wildman–Crippen MR) is 42.5 cm³/mol. The number of rotatable bonds is 3. The van der Waals surface area contributed by atoms with Gasteiger partial charge in [-0.3, -0.25) is 9.59 Å². The minimum absolute atomic E-state index is 0.00347.